The van der Waals surface area contributed by atoms with Gasteiger partial charge in [-0.3, -0.25) is 0 Å². The number of amides is 2. The molecule has 4 aromatic rings. The van der Waals surface area contributed by atoms with Gasteiger partial charge in [0, 0.05) is 36.1 Å². The largest absolute Gasteiger partial charge is 0.342 e. The molecule has 1 atom stereocenters. The van der Waals surface area contributed by atoms with Gasteiger partial charge in [0.2, 0.25) is 0 Å². The van der Waals surface area contributed by atoms with Gasteiger partial charge in [0.15, 0.2) is 5.65 Å². The summed E-state index contributed by atoms with van der Waals surface area (Å²) in [7, 11) is 0. The maximum absolute atomic E-state index is 13.7. The number of carbonyl (C=O) groups is 1. The second-order valence-corrected chi connectivity index (χ2v) is 7.74. The van der Waals surface area contributed by atoms with Gasteiger partial charge in [0.05, 0.1) is 12.2 Å². The molecule has 9 heteroatoms. The third-order valence-electron chi connectivity index (χ3n) is 5.40. The van der Waals surface area contributed by atoms with E-state index < -0.39 is 23.7 Å². The minimum atomic E-state index is -0.704. The van der Waals surface area contributed by atoms with E-state index in [1.165, 1.54) is 17.1 Å². The van der Waals surface area contributed by atoms with E-state index in [0.29, 0.717) is 29.0 Å². The summed E-state index contributed by atoms with van der Waals surface area (Å²) in [6.07, 6.45) is 5.21. The van der Waals surface area contributed by atoms with Gasteiger partial charge in [-0.1, -0.05) is 12.0 Å². The van der Waals surface area contributed by atoms with Crippen molar-refractivity contribution < 1.29 is 13.6 Å². The molecular weight excluding hydrogens is 438 g/mol. The Bertz CT molecular complexity index is 1480. The van der Waals surface area contributed by atoms with Gasteiger partial charge in [-0.05, 0) is 60.4 Å². The molecule has 1 unspecified atom stereocenters. The molecule has 7 nitrogen and oxygen atoms in total. The maximum Gasteiger partial charge on any atom is 0.342 e. The van der Waals surface area contributed by atoms with Crippen LogP contribution >= 0.6 is 0 Å². The van der Waals surface area contributed by atoms with Crippen LogP contribution in [0.4, 0.5) is 19.3 Å². The van der Waals surface area contributed by atoms with Crippen LogP contribution in [0.15, 0.2) is 66.0 Å². The molecule has 0 saturated carbocycles. The first-order valence-electron chi connectivity index (χ1n) is 10.5. The lowest BCUT2D eigenvalue weighted by molar-refractivity contribution is 0.200. The number of hydrogen-bond acceptors (Lipinski definition) is 4. The Morgan fingerprint density at radius 2 is 1.94 bits per heavy atom. The molecule has 0 aliphatic carbocycles. The van der Waals surface area contributed by atoms with Crippen molar-refractivity contribution in [2.24, 2.45) is 5.10 Å². The number of rotatable bonds is 2. The average Bonchev–Trinajstić information content (AvgIpc) is 3.46. The molecule has 2 amide bonds. The van der Waals surface area contributed by atoms with Crippen LogP contribution in [0.3, 0.4) is 0 Å². The number of benzene rings is 2. The minimum absolute atomic E-state index is 0.335. The first-order valence-corrected chi connectivity index (χ1v) is 10.5. The van der Waals surface area contributed by atoms with Crippen LogP contribution in [-0.4, -0.2) is 31.9 Å². The molecule has 168 valence electrons. The van der Waals surface area contributed by atoms with Crippen molar-refractivity contribution >= 4 is 23.6 Å². The molecule has 0 bridgehead atoms. The average molecular weight is 456 g/mol. The van der Waals surface area contributed by atoms with Crippen molar-refractivity contribution in [2.75, 3.05) is 5.32 Å². The number of hydrogen-bond donors (Lipinski definition) is 1. The number of aromatic nitrogens is 3. The SMILES string of the molecule is Cc1ccc(NC(=O)N2N=CCC2c2cc(F)cc(F)c2)cc1C#Cc1cnc2cccnn12. The molecule has 1 N–H and O–H groups in total. The summed E-state index contributed by atoms with van der Waals surface area (Å²) in [6.45, 7) is 1.92. The Balaban J connectivity index is 1.37. The Morgan fingerprint density at radius 1 is 1.12 bits per heavy atom. The number of urea groups is 1. The van der Waals surface area contributed by atoms with Crippen molar-refractivity contribution in [3.8, 4) is 11.8 Å². The normalized spacial score (nSPS) is 14.8. The molecule has 2 aromatic carbocycles. The quantitative estimate of drug-likeness (QED) is 0.445. The van der Waals surface area contributed by atoms with Crippen molar-refractivity contribution in [1.82, 2.24) is 19.6 Å². The van der Waals surface area contributed by atoms with E-state index in [1.807, 2.05) is 19.1 Å². The second-order valence-electron chi connectivity index (χ2n) is 7.74. The van der Waals surface area contributed by atoms with Crippen molar-refractivity contribution in [3.63, 3.8) is 0 Å². The van der Waals surface area contributed by atoms with E-state index in [2.05, 4.69) is 32.3 Å². The summed E-state index contributed by atoms with van der Waals surface area (Å²) in [5.74, 6) is 4.77. The molecular formula is C25H18F2N6O. The first kappa shape index (κ1) is 21.3. The highest BCUT2D eigenvalue weighted by molar-refractivity contribution is 5.91. The Kier molecular flexibility index (Phi) is 5.47. The predicted molar refractivity (Wildman–Crippen MR) is 123 cm³/mol. The zero-order valence-corrected chi connectivity index (χ0v) is 18.0. The molecule has 0 radical (unpaired) electrons. The number of imidazole rings is 1. The van der Waals surface area contributed by atoms with Gasteiger partial charge in [-0.15, -0.1) is 0 Å². The summed E-state index contributed by atoms with van der Waals surface area (Å²) in [6, 6.07) is 11.1. The van der Waals surface area contributed by atoms with E-state index in [1.54, 1.807) is 41.3 Å². The Hall–Kier alpha value is -4.58. The van der Waals surface area contributed by atoms with Crippen LogP contribution in [0.1, 0.15) is 34.8 Å². The number of aryl methyl sites for hydroxylation is 1. The molecule has 2 aromatic heterocycles. The molecule has 0 saturated heterocycles. The third kappa shape index (κ3) is 4.21. The minimum Gasteiger partial charge on any atom is -0.306 e. The van der Waals surface area contributed by atoms with Crippen LogP contribution in [0.2, 0.25) is 0 Å². The highest BCUT2D eigenvalue weighted by atomic mass is 19.1. The summed E-state index contributed by atoms with van der Waals surface area (Å²) < 4.78 is 29.0. The van der Waals surface area contributed by atoms with Crippen LogP contribution in [0.5, 0.6) is 0 Å². The molecule has 1 aliphatic rings. The molecule has 1 aliphatic heterocycles. The maximum atomic E-state index is 13.7. The topological polar surface area (TPSA) is 74.9 Å². The fourth-order valence-corrected chi connectivity index (χ4v) is 3.72. The number of nitrogens with zero attached hydrogens (tertiary/aromatic N) is 5. The number of halogens is 2. The predicted octanol–water partition coefficient (Wildman–Crippen LogP) is 4.68. The number of anilines is 1. The van der Waals surface area contributed by atoms with E-state index in [-0.39, 0.29) is 0 Å². The highest BCUT2D eigenvalue weighted by Gasteiger charge is 2.29. The third-order valence-corrected chi connectivity index (χ3v) is 5.40. The first-order chi connectivity index (χ1) is 16.5. The zero-order chi connectivity index (χ0) is 23.7. The monoisotopic (exact) mass is 456 g/mol. The van der Waals surface area contributed by atoms with Crippen LogP contribution in [-0.2, 0) is 0 Å². The molecule has 3 heterocycles. The zero-order valence-electron chi connectivity index (χ0n) is 18.0. The lowest BCUT2D eigenvalue weighted by Crippen LogP contribution is -2.31. The van der Waals surface area contributed by atoms with Gasteiger partial charge in [-0.25, -0.2) is 28.1 Å². The summed E-state index contributed by atoms with van der Waals surface area (Å²) in [4.78, 5) is 17.2. The number of fused-ring (bicyclic) bond motifs is 1. The number of nitrogens with one attached hydrogen (secondary N) is 1. The van der Waals surface area contributed by atoms with E-state index >= 15 is 0 Å². The van der Waals surface area contributed by atoms with Crippen LogP contribution in [0.25, 0.3) is 5.65 Å². The summed E-state index contributed by atoms with van der Waals surface area (Å²) in [5, 5.41) is 12.3. The fraction of sp³-hybridized carbons (Fsp3) is 0.120. The van der Waals surface area contributed by atoms with Gasteiger partial charge in [0.25, 0.3) is 0 Å². The smallest absolute Gasteiger partial charge is 0.306 e. The van der Waals surface area contributed by atoms with E-state index in [4.69, 9.17) is 0 Å². The van der Waals surface area contributed by atoms with Gasteiger partial charge in [-0.2, -0.15) is 10.2 Å². The van der Waals surface area contributed by atoms with Crippen LogP contribution < -0.4 is 5.32 Å². The molecule has 34 heavy (non-hydrogen) atoms. The van der Waals surface area contributed by atoms with Crippen molar-refractivity contribution in [1.29, 1.82) is 0 Å². The van der Waals surface area contributed by atoms with E-state index in [9.17, 15) is 13.6 Å². The van der Waals surface area contributed by atoms with Crippen molar-refractivity contribution in [2.45, 2.75) is 19.4 Å². The molecule has 0 spiro atoms. The van der Waals surface area contributed by atoms with Crippen LogP contribution in [0, 0.1) is 30.4 Å². The second kappa shape index (κ2) is 8.75. The van der Waals surface area contributed by atoms with Gasteiger partial charge >= 0.3 is 6.03 Å². The summed E-state index contributed by atoms with van der Waals surface area (Å²) >= 11 is 0. The fourth-order valence-electron chi connectivity index (χ4n) is 3.72. The number of hydrazone groups is 1. The molecule has 0 fully saturated rings. The van der Waals surface area contributed by atoms with Gasteiger partial charge in [0.1, 0.15) is 17.3 Å². The summed E-state index contributed by atoms with van der Waals surface area (Å²) in [5.41, 5.74) is 3.84. The molecule has 5 rings (SSSR count). The highest BCUT2D eigenvalue weighted by Crippen LogP contribution is 2.30. The van der Waals surface area contributed by atoms with Crippen molar-refractivity contribution in [3.05, 3.63) is 94.9 Å². The lowest BCUT2D eigenvalue weighted by atomic mass is 10.0. The van der Waals surface area contributed by atoms with Gasteiger partial charge < -0.3 is 5.32 Å². The van der Waals surface area contributed by atoms with E-state index in [0.717, 1.165) is 17.2 Å². The number of carbonyl (C=O) groups excluding carboxylic acids is 1. The lowest BCUT2D eigenvalue weighted by Gasteiger charge is -2.22. The Morgan fingerprint density at radius 3 is 2.76 bits per heavy atom. The standard InChI is InChI=1S/C25H18F2N6O/c1-16-4-6-21(13-17(16)5-7-22-15-28-24-3-2-9-29-32(22)24)31-25(34)33-23(8-10-30-33)18-11-19(26)14-20(27)12-18/h2-4,6,9-15,23H,8H2,1H3,(H,31,34). The Labute approximate surface area is 193 Å².